The molecule has 1 amide bonds. The fourth-order valence-electron chi connectivity index (χ4n) is 2.20. The van der Waals surface area contributed by atoms with Gasteiger partial charge >= 0.3 is 0 Å². The largest absolute Gasteiger partial charge is 0.369 e. The van der Waals surface area contributed by atoms with E-state index in [2.05, 4.69) is 9.80 Å². The summed E-state index contributed by atoms with van der Waals surface area (Å²) in [7, 11) is 0. The minimum Gasteiger partial charge on any atom is -0.369 e. The second-order valence-corrected chi connectivity index (χ2v) is 5.01. The summed E-state index contributed by atoms with van der Waals surface area (Å²) in [5, 5.41) is 0.750. The summed E-state index contributed by atoms with van der Waals surface area (Å²) in [6, 6.07) is 7.66. The molecule has 1 fully saturated rings. The number of carbonyl (C=O) groups excluding carboxylic acids is 1. The summed E-state index contributed by atoms with van der Waals surface area (Å²) in [5.41, 5.74) is 6.49. The van der Waals surface area contributed by atoms with Gasteiger partial charge in [-0.25, -0.2) is 0 Å². The van der Waals surface area contributed by atoms with Crippen LogP contribution in [-0.2, 0) is 4.79 Å². The van der Waals surface area contributed by atoms with E-state index < -0.39 is 0 Å². The van der Waals surface area contributed by atoms with Gasteiger partial charge in [0.15, 0.2) is 0 Å². The van der Waals surface area contributed by atoms with Crippen molar-refractivity contribution in [1.29, 1.82) is 0 Å². The van der Waals surface area contributed by atoms with Crippen LogP contribution in [0.15, 0.2) is 24.3 Å². The maximum Gasteiger partial charge on any atom is 0.234 e. The predicted octanol–water partition coefficient (Wildman–Crippen LogP) is 1.34. The van der Waals surface area contributed by atoms with Crippen molar-refractivity contribution >= 4 is 23.2 Å². The zero-order valence-corrected chi connectivity index (χ0v) is 11.2. The normalized spacial score (nSPS) is 18.7. The molecule has 0 unspecified atom stereocenters. The molecule has 0 bridgehead atoms. The van der Waals surface area contributed by atoms with Gasteiger partial charge in [-0.1, -0.05) is 11.6 Å². The van der Waals surface area contributed by atoms with Crippen LogP contribution in [0.3, 0.4) is 0 Å². The molecule has 0 radical (unpaired) electrons. The molecule has 0 spiro atoms. The highest BCUT2D eigenvalue weighted by Crippen LogP contribution is 2.19. The summed E-state index contributed by atoms with van der Waals surface area (Å²) >= 11 is 5.87. The highest BCUT2D eigenvalue weighted by atomic mass is 35.5. The van der Waals surface area contributed by atoms with Crippen molar-refractivity contribution in [3.63, 3.8) is 0 Å². The van der Waals surface area contributed by atoms with E-state index in [0.29, 0.717) is 0 Å². The molecular formula is C13H18ClN3O. The van der Waals surface area contributed by atoms with Gasteiger partial charge in [-0.05, 0) is 31.2 Å². The van der Waals surface area contributed by atoms with E-state index in [9.17, 15) is 4.79 Å². The van der Waals surface area contributed by atoms with Crippen molar-refractivity contribution in [2.24, 2.45) is 5.73 Å². The number of nitrogens with zero attached hydrogens (tertiary/aromatic N) is 2. The zero-order chi connectivity index (χ0) is 13.1. The van der Waals surface area contributed by atoms with Crippen LogP contribution in [0.5, 0.6) is 0 Å². The molecule has 0 aliphatic carbocycles. The van der Waals surface area contributed by atoms with Crippen LogP contribution < -0.4 is 10.6 Å². The van der Waals surface area contributed by atoms with E-state index in [-0.39, 0.29) is 11.9 Å². The third kappa shape index (κ3) is 2.94. The lowest BCUT2D eigenvalue weighted by atomic mass is 10.2. The van der Waals surface area contributed by atoms with Crippen molar-refractivity contribution in [2.45, 2.75) is 13.0 Å². The Balaban J connectivity index is 1.94. The number of anilines is 1. The zero-order valence-electron chi connectivity index (χ0n) is 10.5. The van der Waals surface area contributed by atoms with E-state index in [0.717, 1.165) is 31.2 Å². The standard InChI is InChI=1S/C13H18ClN3O/c1-10(13(15)18)16-6-8-17(9-7-16)12-4-2-11(14)3-5-12/h2-5,10H,6-9H2,1H3,(H2,15,18)/t10-/m1/s1. The van der Waals surface area contributed by atoms with Crippen molar-refractivity contribution in [3.8, 4) is 0 Å². The molecule has 4 nitrogen and oxygen atoms in total. The first-order valence-electron chi connectivity index (χ1n) is 6.12. The fraction of sp³-hybridized carbons (Fsp3) is 0.462. The molecule has 1 aromatic carbocycles. The highest BCUT2D eigenvalue weighted by molar-refractivity contribution is 6.30. The van der Waals surface area contributed by atoms with Crippen LogP contribution in [0, 0.1) is 0 Å². The molecule has 1 aliphatic rings. The summed E-state index contributed by atoms with van der Waals surface area (Å²) in [6.07, 6.45) is 0. The topological polar surface area (TPSA) is 49.6 Å². The van der Waals surface area contributed by atoms with Crippen molar-refractivity contribution in [3.05, 3.63) is 29.3 Å². The molecule has 1 atom stereocenters. The van der Waals surface area contributed by atoms with E-state index in [1.54, 1.807) is 0 Å². The lowest BCUT2D eigenvalue weighted by molar-refractivity contribution is -0.122. The molecule has 1 heterocycles. The fourth-order valence-corrected chi connectivity index (χ4v) is 2.33. The van der Waals surface area contributed by atoms with Crippen LogP contribution in [-0.4, -0.2) is 43.0 Å². The Labute approximate surface area is 112 Å². The highest BCUT2D eigenvalue weighted by Gasteiger charge is 2.23. The monoisotopic (exact) mass is 267 g/mol. The minimum absolute atomic E-state index is 0.183. The molecule has 1 aliphatic heterocycles. The third-order valence-corrected chi connectivity index (χ3v) is 3.72. The second kappa shape index (κ2) is 5.59. The minimum atomic E-state index is -0.255. The van der Waals surface area contributed by atoms with Gasteiger partial charge in [0.2, 0.25) is 5.91 Å². The van der Waals surface area contributed by atoms with Gasteiger partial charge in [-0.15, -0.1) is 0 Å². The molecular weight excluding hydrogens is 250 g/mol. The molecule has 5 heteroatoms. The van der Waals surface area contributed by atoms with Gasteiger partial charge < -0.3 is 10.6 Å². The third-order valence-electron chi connectivity index (χ3n) is 3.47. The number of amides is 1. The smallest absolute Gasteiger partial charge is 0.234 e. The summed E-state index contributed by atoms with van der Waals surface area (Å²) in [5.74, 6) is -0.255. The molecule has 98 valence electrons. The van der Waals surface area contributed by atoms with Gasteiger partial charge in [-0.2, -0.15) is 0 Å². The van der Waals surface area contributed by atoms with E-state index >= 15 is 0 Å². The average Bonchev–Trinajstić information content (AvgIpc) is 2.39. The number of nitrogens with two attached hydrogens (primary N) is 1. The second-order valence-electron chi connectivity index (χ2n) is 4.58. The van der Waals surface area contributed by atoms with Crippen molar-refractivity contribution < 1.29 is 4.79 Å². The van der Waals surface area contributed by atoms with Crippen LogP contribution in [0.4, 0.5) is 5.69 Å². The molecule has 1 aromatic rings. The van der Waals surface area contributed by atoms with Crippen LogP contribution in [0.25, 0.3) is 0 Å². The van der Waals surface area contributed by atoms with E-state index in [1.165, 1.54) is 5.69 Å². The van der Waals surface area contributed by atoms with E-state index in [1.807, 2.05) is 31.2 Å². The molecule has 2 N–H and O–H groups in total. The summed E-state index contributed by atoms with van der Waals surface area (Å²) in [4.78, 5) is 15.6. The van der Waals surface area contributed by atoms with Crippen LogP contribution in [0.1, 0.15) is 6.92 Å². The quantitative estimate of drug-likeness (QED) is 0.899. The Morgan fingerprint density at radius 2 is 1.78 bits per heavy atom. The van der Waals surface area contributed by atoms with E-state index in [4.69, 9.17) is 17.3 Å². The number of carbonyl (C=O) groups is 1. The molecule has 2 rings (SSSR count). The number of hydrogen-bond acceptors (Lipinski definition) is 3. The number of piperazine rings is 1. The maximum absolute atomic E-state index is 11.1. The van der Waals surface area contributed by atoms with Crippen molar-refractivity contribution in [1.82, 2.24) is 4.90 Å². The first-order valence-corrected chi connectivity index (χ1v) is 6.49. The Hall–Kier alpha value is -1.26. The first-order chi connectivity index (χ1) is 8.58. The summed E-state index contributed by atoms with van der Waals surface area (Å²) in [6.45, 7) is 5.37. The number of benzene rings is 1. The van der Waals surface area contributed by atoms with Gasteiger partial charge in [0, 0.05) is 36.9 Å². The Morgan fingerprint density at radius 3 is 2.28 bits per heavy atom. The van der Waals surface area contributed by atoms with Gasteiger partial charge in [0.25, 0.3) is 0 Å². The number of rotatable bonds is 3. The van der Waals surface area contributed by atoms with Crippen LogP contribution in [0.2, 0.25) is 5.02 Å². The number of halogens is 1. The van der Waals surface area contributed by atoms with Crippen LogP contribution >= 0.6 is 11.6 Å². The number of hydrogen-bond donors (Lipinski definition) is 1. The average molecular weight is 268 g/mol. The lowest BCUT2D eigenvalue weighted by Gasteiger charge is -2.38. The maximum atomic E-state index is 11.1. The number of primary amides is 1. The van der Waals surface area contributed by atoms with Gasteiger partial charge in [0.05, 0.1) is 6.04 Å². The van der Waals surface area contributed by atoms with Gasteiger partial charge in [-0.3, -0.25) is 9.69 Å². The Morgan fingerprint density at radius 1 is 1.22 bits per heavy atom. The molecule has 0 saturated carbocycles. The SMILES string of the molecule is C[C@H](C(N)=O)N1CCN(c2ccc(Cl)cc2)CC1. The van der Waals surface area contributed by atoms with Crippen molar-refractivity contribution in [2.75, 3.05) is 31.1 Å². The lowest BCUT2D eigenvalue weighted by Crippen LogP contribution is -2.53. The summed E-state index contributed by atoms with van der Waals surface area (Å²) < 4.78 is 0. The Bertz CT molecular complexity index is 413. The Kier molecular flexibility index (Phi) is 4.09. The molecule has 18 heavy (non-hydrogen) atoms. The molecule has 1 saturated heterocycles. The first kappa shape index (κ1) is 13.2. The predicted molar refractivity (Wildman–Crippen MR) is 73.9 cm³/mol. The van der Waals surface area contributed by atoms with Gasteiger partial charge in [0.1, 0.15) is 0 Å². The molecule has 0 aromatic heterocycles.